The molecular formula is C21H32N2O3. The molecule has 2 fully saturated rings. The van der Waals surface area contributed by atoms with Gasteiger partial charge in [-0.25, -0.2) is 0 Å². The van der Waals surface area contributed by atoms with E-state index in [0.717, 1.165) is 51.7 Å². The lowest BCUT2D eigenvalue weighted by atomic mass is 9.89. The molecule has 5 heteroatoms. The number of amides is 1. The molecular weight excluding hydrogens is 328 g/mol. The zero-order valence-corrected chi connectivity index (χ0v) is 15.6. The first-order valence-electron chi connectivity index (χ1n) is 9.99. The van der Waals surface area contributed by atoms with Crippen LogP contribution in [-0.2, 0) is 11.2 Å². The van der Waals surface area contributed by atoms with Crippen molar-refractivity contribution in [3.63, 3.8) is 0 Å². The van der Waals surface area contributed by atoms with Crippen molar-refractivity contribution in [3.05, 3.63) is 35.9 Å². The molecule has 3 rings (SSSR count). The summed E-state index contributed by atoms with van der Waals surface area (Å²) in [5, 5.41) is 20.3. The van der Waals surface area contributed by atoms with E-state index in [0.29, 0.717) is 25.4 Å². The van der Waals surface area contributed by atoms with E-state index in [2.05, 4.69) is 17.0 Å². The van der Waals surface area contributed by atoms with Crippen LogP contribution in [0.5, 0.6) is 0 Å². The van der Waals surface area contributed by atoms with E-state index >= 15 is 0 Å². The van der Waals surface area contributed by atoms with Crippen molar-refractivity contribution >= 4 is 5.91 Å². The van der Waals surface area contributed by atoms with Gasteiger partial charge in [0, 0.05) is 26.2 Å². The summed E-state index contributed by atoms with van der Waals surface area (Å²) >= 11 is 0. The Morgan fingerprint density at radius 3 is 2.54 bits per heavy atom. The van der Waals surface area contributed by atoms with E-state index in [-0.39, 0.29) is 12.5 Å². The Bertz CT molecular complexity index is 572. The van der Waals surface area contributed by atoms with Crippen LogP contribution in [0.25, 0.3) is 0 Å². The van der Waals surface area contributed by atoms with Crippen molar-refractivity contribution in [1.82, 2.24) is 9.80 Å². The van der Waals surface area contributed by atoms with E-state index in [1.807, 2.05) is 23.1 Å². The minimum absolute atomic E-state index is 0.0962. The highest BCUT2D eigenvalue weighted by atomic mass is 16.3. The average molecular weight is 360 g/mol. The third-order valence-electron chi connectivity index (χ3n) is 5.89. The lowest BCUT2D eigenvalue weighted by Gasteiger charge is -2.42. The number of β-amino-alcohol motifs (C(OH)–C–C–N with tert-alkyl or cyclic N) is 1. The minimum Gasteiger partial charge on any atom is -0.396 e. The first-order chi connectivity index (χ1) is 12.6. The van der Waals surface area contributed by atoms with E-state index < -0.39 is 5.60 Å². The van der Waals surface area contributed by atoms with Crippen molar-refractivity contribution in [2.45, 2.75) is 44.1 Å². The minimum atomic E-state index is -1.24. The highest BCUT2D eigenvalue weighted by Crippen LogP contribution is 2.26. The summed E-state index contributed by atoms with van der Waals surface area (Å²) in [6.07, 6.45) is 5.19. The second-order valence-electron chi connectivity index (χ2n) is 7.92. The van der Waals surface area contributed by atoms with Crippen molar-refractivity contribution in [1.29, 1.82) is 0 Å². The molecule has 0 spiro atoms. The summed E-state index contributed by atoms with van der Waals surface area (Å²) in [5.41, 5.74) is 0.0517. The number of likely N-dealkylation sites (tertiary alicyclic amines) is 2. The molecule has 1 atom stereocenters. The van der Waals surface area contributed by atoms with Gasteiger partial charge in [0.2, 0.25) is 0 Å². The molecule has 0 saturated carbocycles. The van der Waals surface area contributed by atoms with Gasteiger partial charge in [0.25, 0.3) is 5.91 Å². The van der Waals surface area contributed by atoms with E-state index in [4.69, 9.17) is 0 Å². The zero-order chi connectivity index (χ0) is 18.4. The predicted molar refractivity (Wildman–Crippen MR) is 102 cm³/mol. The smallest absolute Gasteiger partial charge is 0.255 e. The average Bonchev–Trinajstić information content (AvgIpc) is 2.67. The molecule has 1 aromatic rings. The number of aliphatic hydroxyl groups is 2. The van der Waals surface area contributed by atoms with Gasteiger partial charge in [0.1, 0.15) is 0 Å². The normalized spacial score (nSPS) is 25.6. The third kappa shape index (κ3) is 4.84. The predicted octanol–water partition coefficient (Wildman–Crippen LogP) is 1.68. The van der Waals surface area contributed by atoms with Gasteiger partial charge in [-0.1, -0.05) is 30.3 Å². The molecule has 2 saturated heterocycles. The van der Waals surface area contributed by atoms with E-state index in [9.17, 15) is 15.0 Å². The number of aliphatic hydroxyl groups excluding tert-OH is 1. The quantitative estimate of drug-likeness (QED) is 0.777. The van der Waals surface area contributed by atoms with Crippen LogP contribution in [0.4, 0.5) is 0 Å². The van der Waals surface area contributed by atoms with Crippen LogP contribution in [0.1, 0.15) is 37.7 Å². The first-order valence-corrected chi connectivity index (χ1v) is 9.99. The molecule has 1 aromatic carbocycles. The number of benzene rings is 1. The molecule has 5 nitrogen and oxygen atoms in total. The molecule has 0 unspecified atom stereocenters. The van der Waals surface area contributed by atoms with Crippen molar-refractivity contribution in [2.24, 2.45) is 5.92 Å². The zero-order valence-electron chi connectivity index (χ0n) is 15.6. The Kier molecular flexibility index (Phi) is 6.68. The van der Waals surface area contributed by atoms with Crippen LogP contribution in [0.15, 0.2) is 30.3 Å². The van der Waals surface area contributed by atoms with Crippen LogP contribution in [0.3, 0.4) is 0 Å². The maximum absolute atomic E-state index is 12.9. The molecule has 0 bridgehead atoms. The molecule has 0 aromatic heterocycles. The first kappa shape index (κ1) is 19.3. The molecule has 2 heterocycles. The number of hydrogen-bond acceptors (Lipinski definition) is 4. The highest BCUT2D eigenvalue weighted by Gasteiger charge is 2.43. The standard InChI is InChI=1S/C21H32N2O3/c24-16-19-9-14-22(15-10-19)17-21(26)11-5-13-23(20(21)25)12-4-8-18-6-2-1-3-7-18/h1-3,6-7,19,24,26H,4-5,8-17H2/t21-/m0/s1. The summed E-state index contributed by atoms with van der Waals surface area (Å²) in [6.45, 7) is 3.85. The number of hydrogen-bond donors (Lipinski definition) is 2. The van der Waals surface area contributed by atoms with Crippen LogP contribution in [0.2, 0.25) is 0 Å². The van der Waals surface area contributed by atoms with Gasteiger partial charge in [0.15, 0.2) is 5.60 Å². The molecule has 0 radical (unpaired) electrons. The second-order valence-corrected chi connectivity index (χ2v) is 7.92. The Hall–Kier alpha value is -1.43. The number of carbonyl (C=O) groups is 1. The van der Waals surface area contributed by atoms with Crippen LogP contribution in [0, 0.1) is 5.92 Å². The summed E-state index contributed by atoms with van der Waals surface area (Å²) in [7, 11) is 0. The van der Waals surface area contributed by atoms with Gasteiger partial charge in [-0.3, -0.25) is 9.69 Å². The summed E-state index contributed by atoms with van der Waals surface area (Å²) in [4.78, 5) is 16.9. The summed E-state index contributed by atoms with van der Waals surface area (Å²) < 4.78 is 0. The molecule has 2 N–H and O–H groups in total. The largest absolute Gasteiger partial charge is 0.396 e. The van der Waals surface area contributed by atoms with E-state index in [1.54, 1.807) is 0 Å². The summed E-state index contributed by atoms with van der Waals surface area (Å²) in [5.74, 6) is 0.276. The number of aryl methyl sites for hydroxylation is 1. The fourth-order valence-electron chi connectivity index (χ4n) is 4.24. The molecule has 26 heavy (non-hydrogen) atoms. The maximum Gasteiger partial charge on any atom is 0.255 e. The number of rotatable bonds is 7. The Morgan fingerprint density at radius 1 is 1.12 bits per heavy atom. The molecule has 144 valence electrons. The highest BCUT2D eigenvalue weighted by molar-refractivity contribution is 5.86. The van der Waals surface area contributed by atoms with Crippen molar-refractivity contribution in [2.75, 3.05) is 39.3 Å². The Morgan fingerprint density at radius 2 is 1.85 bits per heavy atom. The van der Waals surface area contributed by atoms with Crippen LogP contribution in [-0.4, -0.2) is 70.9 Å². The van der Waals surface area contributed by atoms with Gasteiger partial charge in [-0.15, -0.1) is 0 Å². The van der Waals surface area contributed by atoms with Gasteiger partial charge >= 0.3 is 0 Å². The van der Waals surface area contributed by atoms with E-state index in [1.165, 1.54) is 5.56 Å². The van der Waals surface area contributed by atoms with Crippen molar-refractivity contribution in [3.8, 4) is 0 Å². The Balaban J connectivity index is 1.49. The Labute approximate surface area is 156 Å². The lowest BCUT2D eigenvalue weighted by molar-refractivity contribution is -0.160. The molecule has 2 aliphatic rings. The van der Waals surface area contributed by atoms with Crippen LogP contribution >= 0.6 is 0 Å². The van der Waals surface area contributed by atoms with Crippen molar-refractivity contribution < 1.29 is 15.0 Å². The SMILES string of the molecule is O=C1N(CCCc2ccccc2)CCC[C@]1(O)CN1CCC(CO)CC1. The van der Waals surface area contributed by atoms with Gasteiger partial charge in [-0.05, 0) is 63.1 Å². The lowest BCUT2D eigenvalue weighted by Crippen LogP contribution is -2.59. The molecule has 1 amide bonds. The molecule has 0 aliphatic carbocycles. The summed E-state index contributed by atoms with van der Waals surface area (Å²) in [6, 6.07) is 10.3. The van der Waals surface area contributed by atoms with Gasteiger partial charge in [-0.2, -0.15) is 0 Å². The monoisotopic (exact) mass is 360 g/mol. The number of piperidine rings is 2. The van der Waals surface area contributed by atoms with Crippen LogP contribution < -0.4 is 0 Å². The number of nitrogens with zero attached hydrogens (tertiary/aromatic N) is 2. The second kappa shape index (κ2) is 8.98. The third-order valence-corrected chi connectivity index (χ3v) is 5.89. The van der Waals surface area contributed by atoms with Gasteiger partial charge in [0.05, 0.1) is 0 Å². The molecule has 2 aliphatic heterocycles. The number of carbonyl (C=O) groups excluding carboxylic acids is 1. The maximum atomic E-state index is 12.9. The fraction of sp³-hybridized carbons (Fsp3) is 0.667. The fourth-order valence-corrected chi connectivity index (χ4v) is 4.24. The topological polar surface area (TPSA) is 64.0 Å². The van der Waals surface area contributed by atoms with Gasteiger partial charge < -0.3 is 15.1 Å².